The molecule has 5 nitrogen and oxygen atoms in total. The highest BCUT2D eigenvalue weighted by Gasteiger charge is 2.12. The summed E-state index contributed by atoms with van der Waals surface area (Å²) in [4.78, 5) is 4.41. The van der Waals surface area contributed by atoms with Crippen molar-refractivity contribution in [1.82, 2.24) is 20.1 Å². The van der Waals surface area contributed by atoms with Crippen molar-refractivity contribution >= 4 is 0 Å². The number of aryl methyl sites for hydroxylation is 2. The van der Waals surface area contributed by atoms with Crippen molar-refractivity contribution in [2.45, 2.75) is 46.2 Å². The maximum atomic E-state index is 8.97. The van der Waals surface area contributed by atoms with Gasteiger partial charge in [0.15, 0.2) is 5.82 Å². The van der Waals surface area contributed by atoms with Crippen molar-refractivity contribution in [1.29, 1.82) is 5.26 Å². The highest BCUT2D eigenvalue weighted by Crippen LogP contribution is 2.02. The Kier molecular flexibility index (Phi) is 4.93. The molecule has 0 fully saturated rings. The van der Waals surface area contributed by atoms with Gasteiger partial charge in [0.1, 0.15) is 11.9 Å². The van der Waals surface area contributed by atoms with Gasteiger partial charge in [0.05, 0.1) is 12.6 Å². The summed E-state index contributed by atoms with van der Waals surface area (Å²) in [6, 6.07) is 2.04. The predicted octanol–water partition coefficient (Wildman–Crippen LogP) is 0.905. The van der Waals surface area contributed by atoms with Gasteiger partial charge in [-0.15, -0.1) is 0 Å². The fraction of sp³-hybridized carbons (Fsp3) is 0.727. The van der Waals surface area contributed by atoms with Crippen molar-refractivity contribution in [3.63, 3.8) is 0 Å². The topological polar surface area (TPSA) is 66.5 Å². The second kappa shape index (κ2) is 6.23. The molecule has 1 aromatic rings. The standard InChI is InChI=1S/C11H19N5/c1-4-10-14-11(5-2)16(15-10)8-9(7-12)13-6-3/h9,13H,4-6,8H2,1-3H3. The third kappa shape index (κ3) is 3.04. The molecule has 0 spiro atoms. The molecule has 0 aliphatic rings. The number of nitrogens with one attached hydrogen (secondary N) is 1. The van der Waals surface area contributed by atoms with Crippen LogP contribution in [-0.4, -0.2) is 27.4 Å². The van der Waals surface area contributed by atoms with Crippen LogP contribution in [0.4, 0.5) is 0 Å². The first-order valence-corrected chi connectivity index (χ1v) is 5.80. The average Bonchev–Trinajstić information content (AvgIpc) is 2.70. The van der Waals surface area contributed by atoms with E-state index in [0.717, 1.165) is 31.0 Å². The number of hydrogen-bond acceptors (Lipinski definition) is 4. The summed E-state index contributed by atoms with van der Waals surface area (Å²) in [6.07, 6.45) is 1.68. The van der Waals surface area contributed by atoms with Crippen LogP contribution in [0.3, 0.4) is 0 Å². The van der Waals surface area contributed by atoms with E-state index < -0.39 is 0 Å². The van der Waals surface area contributed by atoms with E-state index >= 15 is 0 Å². The van der Waals surface area contributed by atoms with Crippen LogP contribution >= 0.6 is 0 Å². The van der Waals surface area contributed by atoms with Gasteiger partial charge in [-0.1, -0.05) is 20.8 Å². The first kappa shape index (κ1) is 12.7. The van der Waals surface area contributed by atoms with Gasteiger partial charge in [0, 0.05) is 12.8 Å². The monoisotopic (exact) mass is 221 g/mol. The molecule has 0 saturated heterocycles. The van der Waals surface area contributed by atoms with Gasteiger partial charge in [-0.05, 0) is 6.54 Å². The van der Waals surface area contributed by atoms with Crippen LogP contribution in [0.15, 0.2) is 0 Å². The lowest BCUT2D eigenvalue weighted by molar-refractivity contribution is 0.485. The molecule has 0 saturated carbocycles. The molecule has 88 valence electrons. The predicted molar refractivity (Wildman–Crippen MR) is 61.9 cm³/mol. The van der Waals surface area contributed by atoms with Gasteiger partial charge in [-0.25, -0.2) is 9.67 Å². The maximum Gasteiger partial charge on any atom is 0.150 e. The zero-order valence-corrected chi connectivity index (χ0v) is 10.2. The van der Waals surface area contributed by atoms with Gasteiger partial charge >= 0.3 is 0 Å². The van der Waals surface area contributed by atoms with E-state index in [0.29, 0.717) is 6.54 Å². The van der Waals surface area contributed by atoms with Crippen LogP contribution in [-0.2, 0) is 19.4 Å². The molecule has 0 aliphatic heterocycles. The summed E-state index contributed by atoms with van der Waals surface area (Å²) in [7, 11) is 0. The Labute approximate surface area is 96.5 Å². The molecule has 5 heteroatoms. The van der Waals surface area contributed by atoms with Crippen molar-refractivity contribution < 1.29 is 0 Å². The lowest BCUT2D eigenvalue weighted by Crippen LogP contribution is -2.32. The van der Waals surface area contributed by atoms with Crippen LogP contribution in [0.1, 0.15) is 32.4 Å². The van der Waals surface area contributed by atoms with E-state index in [1.54, 1.807) is 0 Å². The smallest absolute Gasteiger partial charge is 0.150 e. The minimum atomic E-state index is -0.193. The second-order valence-corrected chi connectivity index (χ2v) is 3.57. The van der Waals surface area contributed by atoms with Crippen molar-refractivity contribution in [2.75, 3.05) is 6.54 Å². The molecule has 1 atom stereocenters. The van der Waals surface area contributed by atoms with Crippen molar-refractivity contribution in [3.05, 3.63) is 11.6 Å². The van der Waals surface area contributed by atoms with Gasteiger partial charge in [0.2, 0.25) is 0 Å². The summed E-state index contributed by atoms with van der Waals surface area (Å²) in [6.45, 7) is 7.43. The maximum absolute atomic E-state index is 8.97. The van der Waals surface area contributed by atoms with E-state index in [9.17, 15) is 0 Å². The third-order valence-corrected chi connectivity index (χ3v) is 2.39. The molecule has 1 unspecified atom stereocenters. The summed E-state index contributed by atoms with van der Waals surface area (Å²) >= 11 is 0. The number of nitrogens with zero attached hydrogens (tertiary/aromatic N) is 4. The van der Waals surface area contributed by atoms with E-state index in [-0.39, 0.29) is 6.04 Å². The van der Waals surface area contributed by atoms with E-state index in [1.807, 2.05) is 18.5 Å². The molecular weight excluding hydrogens is 202 g/mol. The quantitative estimate of drug-likeness (QED) is 0.775. The summed E-state index contributed by atoms with van der Waals surface area (Å²) in [5, 5.41) is 16.5. The molecule has 1 heterocycles. The third-order valence-electron chi connectivity index (χ3n) is 2.39. The van der Waals surface area contributed by atoms with Crippen LogP contribution < -0.4 is 5.32 Å². The van der Waals surface area contributed by atoms with Crippen LogP contribution in [0.2, 0.25) is 0 Å². The van der Waals surface area contributed by atoms with Crippen molar-refractivity contribution in [3.8, 4) is 6.07 Å². The second-order valence-electron chi connectivity index (χ2n) is 3.57. The lowest BCUT2D eigenvalue weighted by Gasteiger charge is -2.10. The molecule has 16 heavy (non-hydrogen) atoms. The number of aromatic nitrogens is 3. The van der Waals surface area contributed by atoms with Gasteiger partial charge in [0.25, 0.3) is 0 Å². The summed E-state index contributed by atoms with van der Waals surface area (Å²) in [5.41, 5.74) is 0. The Morgan fingerprint density at radius 1 is 1.38 bits per heavy atom. The highest BCUT2D eigenvalue weighted by molar-refractivity contribution is 4.96. The number of hydrogen-bond donors (Lipinski definition) is 1. The first-order valence-electron chi connectivity index (χ1n) is 5.80. The molecule has 1 N–H and O–H groups in total. The number of likely N-dealkylation sites (N-methyl/N-ethyl adjacent to an activating group) is 1. The molecule has 0 aliphatic carbocycles. The highest BCUT2D eigenvalue weighted by atomic mass is 15.4. The Morgan fingerprint density at radius 2 is 2.12 bits per heavy atom. The lowest BCUT2D eigenvalue weighted by atomic mass is 10.3. The summed E-state index contributed by atoms with van der Waals surface area (Å²) in [5.74, 6) is 1.81. The Hall–Kier alpha value is -1.41. The SMILES string of the molecule is CCNC(C#N)Cn1nc(CC)nc1CC. The van der Waals surface area contributed by atoms with Crippen LogP contribution in [0.5, 0.6) is 0 Å². The van der Waals surface area contributed by atoms with Gasteiger partial charge in [-0.3, -0.25) is 0 Å². The molecule has 1 aromatic heterocycles. The zero-order valence-electron chi connectivity index (χ0n) is 10.2. The molecule has 0 radical (unpaired) electrons. The molecule has 0 amide bonds. The average molecular weight is 221 g/mol. The normalized spacial score (nSPS) is 12.4. The molecular formula is C11H19N5. The van der Waals surface area contributed by atoms with Gasteiger partial charge in [-0.2, -0.15) is 10.4 Å². The molecule has 0 bridgehead atoms. The van der Waals surface area contributed by atoms with Crippen molar-refractivity contribution in [2.24, 2.45) is 0 Å². The fourth-order valence-electron chi connectivity index (χ4n) is 1.55. The van der Waals surface area contributed by atoms with Crippen LogP contribution in [0.25, 0.3) is 0 Å². The zero-order chi connectivity index (χ0) is 12.0. The summed E-state index contributed by atoms with van der Waals surface area (Å²) < 4.78 is 1.84. The number of nitriles is 1. The van der Waals surface area contributed by atoms with Crippen LogP contribution in [0, 0.1) is 11.3 Å². The fourth-order valence-corrected chi connectivity index (χ4v) is 1.55. The Bertz CT molecular complexity index is 363. The number of rotatable bonds is 6. The molecule has 0 aromatic carbocycles. The minimum absolute atomic E-state index is 0.193. The van der Waals surface area contributed by atoms with Gasteiger partial charge < -0.3 is 5.32 Å². The van der Waals surface area contributed by atoms with E-state index in [1.165, 1.54) is 0 Å². The molecule has 1 rings (SSSR count). The Morgan fingerprint density at radius 3 is 2.62 bits per heavy atom. The van der Waals surface area contributed by atoms with E-state index in [2.05, 4.69) is 28.4 Å². The first-order chi connectivity index (χ1) is 7.74. The largest absolute Gasteiger partial charge is 0.301 e. The van der Waals surface area contributed by atoms with E-state index in [4.69, 9.17) is 5.26 Å². The Balaban J connectivity index is 2.78. The minimum Gasteiger partial charge on any atom is -0.301 e.